The van der Waals surface area contributed by atoms with Gasteiger partial charge in [-0.05, 0) is 37.1 Å². The molecule has 0 N–H and O–H groups in total. The third-order valence-electron chi connectivity index (χ3n) is 4.70. The Hall–Kier alpha value is -2.10. The molecule has 0 aliphatic heterocycles. The third kappa shape index (κ3) is 7.14. The maximum atomic E-state index is 14.5. The highest BCUT2D eigenvalue weighted by molar-refractivity contribution is 5.66. The van der Waals surface area contributed by atoms with E-state index in [4.69, 9.17) is 9.47 Å². The van der Waals surface area contributed by atoms with Crippen LogP contribution in [-0.2, 0) is 0 Å². The molecule has 0 aromatic heterocycles. The van der Waals surface area contributed by atoms with Crippen molar-refractivity contribution in [3.63, 3.8) is 0 Å². The largest absolute Gasteiger partial charge is 0.493 e. The van der Waals surface area contributed by atoms with E-state index in [2.05, 4.69) is 13.8 Å². The van der Waals surface area contributed by atoms with E-state index in [1.54, 1.807) is 24.3 Å². The lowest BCUT2D eigenvalue weighted by atomic mass is 10.0. The lowest BCUT2D eigenvalue weighted by Crippen LogP contribution is -1.99. The van der Waals surface area contributed by atoms with Crippen molar-refractivity contribution in [2.45, 2.75) is 65.2 Å². The smallest absolute Gasteiger partial charge is 0.134 e. The summed E-state index contributed by atoms with van der Waals surface area (Å²) in [5, 5.41) is 0. The van der Waals surface area contributed by atoms with Gasteiger partial charge in [0.1, 0.15) is 23.1 Å². The predicted molar refractivity (Wildman–Crippen MR) is 111 cm³/mol. The molecule has 0 saturated heterocycles. The van der Waals surface area contributed by atoms with Gasteiger partial charge < -0.3 is 9.47 Å². The fourth-order valence-electron chi connectivity index (χ4n) is 3.05. The molecule has 2 nitrogen and oxygen atoms in total. The van der Waals surface area contributed by atoms with Gasteiger partial charge in [0.2, 0.25) is 0 Å². The number of ether oxygens (including phenoxy) is 2. The van der Waals surface area contributed by atoms with Crippen LogP contribution in [0.15, 0.2) is 36.4 Å². The van der Waals surface area contributed by atoms with Crippen molar-refractivity contribution < 1.29 is 18.3 Å². The van der Waals surface area contributed by atoms with Crippen LogP contribution in [0.4, 0.5) is 8.78 Å². The lowest BCUT2D eigenvalue weighted by molar-refractivity contribution is 0.303. The summed E-state index contributed by atoms with van der Waals surface area (Å²) in [6.07, 6.45) is 8.79. The molecule has 0 radical (unpaired) electrons. The van der Waals surface area contributed by atoms with Crippen molar-refractivity contribution in [1.29, 1.82) is 0 Å². The molecule has 0 fully saturated rings. The summed E-state index contributed by atoms with van der Waals surface area (Å²) < 4.78 is 40.2. The van der Waals surface area contributed by atoms with E-state index < -0.39 is 11.6 Å². The fraction of sp³-hybridized carbons (Fsp3) is 0.500. The molecule has 154 valence electrons. The van der Waals surface area contributed by atoms with Crippen molar-refractivity contribution in [2.24, 2.45) is 0 Å². The van der Waals surface area contributed by atoms with Crippen LogP contribution in [0.5, 0.6) is 11.5 Å². The number of halogens is 2. The van der Waals surface area contributed by atoms with Crippen LogP contribution in [-0.4, -0.2) is 13.2 Å². The monoisotopic (exact) mass is 390 g/mol. The van der Waals surface area contributed by atoms with Gasteiger partial charge in [0.15, 0.2) is 0 Å². The van der Waals surface area contributed by atoms with Gasteiger partial charge in [0, 0.05) is 23.3 Å². The molecule has 0 saturated carbocycles. The highest BCUT2D eigenvalue weighted by Gasteiger charge is 2.12. The minimum Gasteiger partial charge on any atom is -0.493 e. The van der Waals surface area contributed by atoms with Gasteiger partial charge in [-0.15, -0.1) is 0 Å². The summed E-state index contributed by atoms with van der Waals surface area (Å²) in [6.45, 7) is 5.44. The first-order valence-corrected chi connectivity index (χ1v) is 10.5. The summed E-state index contributed by atoms with van der Waals surface area (Å²) in [4.78, 5) is 0. The summed E-state index contributed by atoms with van der Waals surface area (Å²) in [5.74, 6) is -0.0215. The van der Waals surface area contributed by atoms with Crippen LogP contribution < -0.4 is 9.47 Å². The molecule has 0 aliphatic carbocycles. The van der Waals surface area contributed by atoms with Crippen LogP contribution in [0.2, 0.25) is 0 Å². The van der Waals surface area contributed by atoms with Gasteiger partial charge >= 0.3 is 0 Å². The average molecular weight is 391 g/mol. The molecule has 0 spiro atoms. The summed E-state index contributed by atoms with van der Waals surface area (Å²) in [6, 6.07) is 9.17. The molecule has 0 unspecified atom stereocenters. The molecule has 28 heavy (non-hydrogen) atoms. The number of rotatable bonds is 13. The molecule has 0 atom stereocenters. The van der Waals surface area contributed by atoms with E-state index in [0.29, 0.717) is 24.7 Å². The average Bonchev–Trinajstić information content (AvgIpc) is 2.68. The Morgan fingerprint density at radius 3 is 1.39 bits per heavy atom. The Labute approximate surface area is 167 Å². The molecule has 2 aromatic carbocycles. The van der Waals surface area contributed by atoms with Crippen LogP contribution in [0.3, 0.4) is 0 Å². The molecule has 2 aromatic rings. The van der Waals surface area contributed by atoms with E-state index in [-0.39, 0.29) is 11.1 Å². The minimum absolute atomic E-state index is 0.227. The van der Waals surface area contributed by atoms with E-state index in [0.717, 1.165) is 38.5 Å². The summed E-state index contributed by atoms with van der Waals surface area (Å²) in [7, 11) is 0. The standard InChI is InChI=1S/C24H32F2O2/c1-3-5-7-9-15-27-19-11-13-21(23(25)17-19)22-14-12-20(18-24(22)26)28-16-10-8-6-4-2/h11-14,17-18H,3-10,15-16H2,1-2H3. The van der Waals surface area contributed by atoms with Gasteiger partial charge in [0.05, 0.1) is 13.2 Å². The van der Waals surface area contributed by atoms with E-state index in [1.807, 2.05) is 0 Å². The molecular formula is C24H32F2O2. The van der Waals surface area contributed by atoms with Gasteiger partial charge in [-0.2, -0.15) is 0 Å². The van der Waals surface area contributed by atoms with Crippen LogP contribution in [0.1, 0.15) is 65.2 Å². The zero-order valence-corrected chi connectivity index (χ0v) is 17.1. The van der Waals surface area contributed by atoms with Crippen molar-refractivity contribution >= 4 is 0 Å². The second-order valence-electron chi connectivity index (χ2n) is 7.10. The first-order valence-electron chi connectivity index (χ1n) is 10.5. The molecule has 0 heterocycles. The Morgan fingerprint density at radius 1 is 0.607 bits per heavy atom. The number of hydrogen-bond acceptors (Lipinski definition) is 2. The number of hydrogen-bond donors (Lipinski definition) is 0. The molecular weight excluding hydrogens is 358 g/mol. The van der Waals surface area contributed by atoms with Gasteiger partial charge in [-0.3, -0.25) is 0 Å². The van der Waals surface area contributed by atoms with Crippen LogP contribution >= 0.6 is 0 Å². The second-order valence-corrected chi connectivity index (χ2v) is 7.10. The highest BCUT2D eigenvalue weighted by Crippen LogP contribution is 2.30. The van der Waals surface area contributed by atoms with E-state index in [9.17, 15) is 8.78 Å². The molecule has 0 bridgehead atoms. The Bertz CT molecular complexity index is 654. The summed E-state index contributed by atoms with van der Waals surface area (Å²) in [5.41, 5.74) is 0.454. The first kappa shape index (κ1) is 22.2. The Balaban J connectivity index is 1.94. The maximum Gasteiger partial charge on any atom is 0.134 e. The van der Waals surface area contributed by atoms with Gasteiger partial charge in [-0.1, -0.05) is 52.4 Å². The van der Waals surface area contributed by atoms with Crippen LogP contribution in [0.25, 0.3) is 11.1 Å². The lowest BCUT2D eigenvalue weighted by Gasteiger charge is -2.11. The molecule has 4 heteroatoms. The SMILES string of the molecule is CCCCCCOc1ccc(-c2ccc(OCCCCCC)cc2F)c(F)c1. The first-order chi connectivity index (χ1) is 13.7. The van der Waals surface area contributed by atoms with E-state index in [1.165, 1.54) is 25.0 Å². The van der Waals surface area contributed by atoms with Gasteiger partial charge in [-0.25, -0.2) is 8.78 Å². The Kier molecular flexibility index (Phi) is 9.81. The third-order valence-corrected chi connectivity index (χ3v) is 4.70. The van der Waals surface area contributed by atoms with Crippen LogP contribution in [0, 0.1) is 11.6 Å². The maximum absolute atomic E-state index is 14.5. The van der Waals surface area contributed by atoms with Crippen molar-refractivity contribution in [2.75, 3.05) is 13.2 Å². The molecule has 0 aliphatic rings. The fourth-order valence-corrected chi connectivity index (χ4v) is 3.05. The minimum atomic E-state index is -0.488. The normalized spacial score (nSPS) is 10.9. The second kappa shape index (κ2) is 12.4. The van der Waals surface area contributed by atoms with Crippen molar-refractivity contribution in [3.8, 4) is 22.6 Å². The van der Waals surface area contributed by atoms with Gasteiger partial charge in [0.25, 0.3) is 0 Å². The zero-order chi connectivity index (χ0) is 20.2. The highest BCUT2D eigenvalue weighted by atomic mass is 19.1. The van der Waals surface area contributed by atoms with Crippen molar-refractivity contribution in [3.05, 3.63) is 48.0 Å². The summed E-state index contributed by atoms with van der Waals surface area (Å²) >= 11 is 0. The predicted octanol–water partition coefficient (Wildman–Crippen LogP) is 7.55. The Morgan fingerprint density at radius 2 is 1.04 bits per heavy atom. The topological polar surface area (TPSA) is 18.5 Å². The molecule has 2 rings (SSSR count). The number of benzene rings is 2. The van der Waals surface area contributed by atoms with E-state index >= 15 is 0 Å². The quantitative estimate of drug-likeness (QED) is 0.329. The zero-order valence-electron chi connectivity index (χ0n) is 17.1. The molecule has 0 amide bonds. The number of unbranched alkanes of at least 4 members (excludes halogenated alkanes) is 6. The van der Waals surface area contributed by atoms with Crippen molar-refractivity contribution in [1.82, 2.24) is 0 Å².